The van der Waals surface area contributed by atoms with Crippen molar-refractivity contribution in [3.05, 3.63) is 35.4 Å². The summed E-state index contributed by atoms with van der Waals surface area (Å²) in [5.74, 6) is -0.410. The summed E-state index contributed by atoms with van der Waals surface area (Å²) in [4.78, 5) is 0. The maximum absolute atomic E-state index is 13.4. The van der Waals surface area contributed by atoms with E-state index >= 15 is 0 Å². The second-order valence-corrected chi connectivity index (χ2v) is 4.48. The largest absolute Gasteiger partial charge is 0.310 e. The van der Waals surface area contributed by atoms with Gasteiger partial charge in [0, 0.05) is 24.2 Å². The summed E-state index contributed by atoms with van der Waals surface area (Å²) in [6.45, 7) is 6.87. The molecule has 3 heteroatoms. The van der Waals surface area contributed by atoms with E-state index in [0.29, 0.717) is 24.1 Å². The van der Waals surface area contributed by atoms with Crippen LogP contribution < -0.4 is 5.32 Å². The van der Waals surface area contributed by atoms with Gasteiger partial charge in [0.25, 0.3) is 0 Å². The molecule has 1 aromatic rings. The molecule has 0 aliphatic rings. The molecule has 1 N–H and O–H groups in total. The van der Waals surface area contributed by atoms with Gasteiger partial charge in [-0.3, -0.25) is 0 Å². The number of hydrogen-bond acceptors (Lipinski definition) is 1. The van der Waals surface area contributed by atoms with Crippen LogP contribution in [0.3, 0.4) is 0 Å². The molecular weight excluding hydrogens is 220 g/mol. The van der Waals surface area contributed by atoms with Crippen molar-refractivity contribution in [3.63, 3.8) is 0 Å². The second-order valence-electron chi connectivity index (χ2n) is 4.48. The van der Waals surface area contributed by atoms with Gasteiger partial charge in [-0.15, -0.1) is 0 Å². The van der Waals surface area contributed by atoms with Crippen LogP contribution in [0.25, 0.3) is 0 Å². The van der Waals surface area contributed by atoms with Crippen molar-refractivity contribution in [3.8, 4) is 0 Å². The van der Waals surface area contributed by atoms with Gasteiger partial charge in [0.1, 0.15) is 11.6 Å². The quantitative estimate of drug-likeness (QED) is 0.797. The molecule has 0 spiro atoms. The molecule has 0 saturated carbocycles. The number of rotatable bonds is 6. The minimum atomic E-state index is -0.528. The van der Waals surface area contributed by atoms with Gasteiger partial charge in [0.15, 0.2) is 0 Å². The Labute approximate surface area is 102 Å². The molecule has 1 unspecified atom stereocenters. The van der Waals surface area contributed by atoms with E-state index in [-0.39, 0.29) is 0 Å². The van der Waals surface area contributed by atoms with Crippen molar-refractivity contribution in [1.82, 2.24) is 5.32 Å². The molecule has 1 atom stereocenters. The fraction of sp³-hybridized carbons (Fsp3) is 0.571. The van der Waals surface area contributed by atoms with Gasteiger partial charge < -0.3 is 5.32 Å². The topological polar surface area (TPSA) is 12.0 Å². The van der Waals surface area contributed by atoms with Crippen LogP contribution in [0.4, 0.5) is 8.78 Å². The molecule has 0 amide bonds. The van der Waals surface area contributed by atoms with Gasteiger partial charge >= 0.3 is 0 Å². The SMILES string of the molecule is CCC(CC)C(C)NCc1ccc(F)cc1F. The molecule has 0 heterocycles. The molecule has 0 bridgehead atoms. The third-order valence-electron chi connectivity index (χ3n) is 3.39. The Morgan fingerprint density at radius 1 is 1.18 bits per heavy atom. The summed E-state index contributed by atoms with van der Waals surface area (Å²) < 4.78 is 26.1. The van der Waals surface area contributed by atoms with Gasteiger partial charge in [-0.1, -0.05) is 32.8 Å². The lowest BCUT2D eigenvalue weighted by Gasteiger charge is -2.22. The van der Waals surface area contributed by atoms with E-state index in [4.69, 9.17) is 0 Å². The van der Waals surface area contributed by atoms with Crippen LogP contribution in [-0.4, -0.2) is 6.04 Å². The zero-order chi connectivity index (χ0) is 12.8. The van der Waals surface area contributed by atoms with E-state index in [0.717, 1.165) is 18.9 Å². The normalized spacial score (nSPS) is 13.1. The highest BCUT2D eigenvalue weighted by atomic mass is 19.1. The van der Waals surface area contributed by atoms with Crippen molar-refractivity contribution in [1.29, 1.82) is 0 Å². The summed E-state index contributed by atoms with van der Waals surface area (Å²) in [7, 11) is 0. The Morgan fingerprint density at radius 2 is 1.82 bits per heavy atom. The van der Waals surface area contributed by atoms with Crippen LogP contribution in [0.2, 0.25) is 0 Å². The van der Waals surface area contributed by atoms with Gasteiger partial charge in [-0.05, 0) is 18.9 Å². The molecular formula is C14H21F2N. The molecule has 1 aromatic carbocycles. The first-order valence-electron chi connectivity index (χ1n) is 6.25. The fourth-order valence-corrected chi connectivity index (χ4v) is 2.10. The third-order valence-corrected chi connectivity index (χ3v) is 3.39. The molecule has 0 aromatic heterocycles. The molecule has 0 saturated heterocycles. The molecule has 0 aliphatic heterocycles. The molecule has 0 radical (unpaired) electrons. The Kier molecular flexibility index (Phi) is 5.56. The first-order valence-corrected chi connectivity index (χ1v) is 6.25. The highest BCUT2D eigenvalue weighted by molar-refractivity contribution is 5.18. The van der Waals surface area contributed by atoms with Crippen molar-refractivity contribution in [2.24, 2.45) is 5.92 Å². The average molecular weight is 241 g/mol. The first-order chi connectivity index (χ1) is 8.08. The summed E-state index contributed by atoms with van der Waals surface area (Å²) in [6, 6.07) is 4.06. The number of benzene rings is 1. The molecule has 0 aliphatic carbocycles. The Balaban J connectivity index is 2.55. The summed E-state index contributed by atoms with van der Waals surface area (Å²) in [6.07, 6.45) is 2.22. The molecule has 1 rings (SSSR count). The predicted octanol–water partition coefficient (Wildman–Crippen LogP) is 3.88. The molecule has 0 fully saturated rings. The van der Waals surface area contributed by atoms with Crippen molar-refractivity contribution < 1.29 is 8.78 Å². The number of halogens is 2. The van der Waals surface area contributed by atoms with E-state index in [1.807, 2.05) is 0 Å². The van der Waals surface area contributed by atoms with Gasteiger partial charge in [-0.25, -0.2) is 8.78 Å². The van der Waals surface area contributed by atoms with E-state index in [9.17, 15) is 8.78 Å². The molecule has 96 valence electrons. The standard InChI is InChI=1S/C14H21F2N/c1-4-11(5-2)10(3)17-9-12-6-7-13(15)8-14(12)16/h6-8,10-11,17H,4-5,9H2,1-3H3. The first kappa shape index (κ1) is 14.1. The van der Waals surface area contributed by atoms with Crippen molar-refractivity contribution in [2.75, 3.05) is 0 Å². The average Bonchev–Trinajstić information content (AvgIpc) is 2.29. The zero-order valence-electron chi connectivity index (χ0n) is 10.8. The van der Waals surface area contributed by atoms with Crippen molar-refractivity contribution in [2.45, 2.75) is 46.2 Å². The van der Waals surface area contributed by atoms with Crippen molar-refractivity contribution >= 4 is 0 Å². The van der Waals surface area contributed by atoms with E-state index in [1.54, 1.807) is 0 Å². The minimum Gasteiger partial charge on any atom is -0.310 e. The lowest BCUT2D eigenvalue weighted by Crippen LogP contribution is -2.32. The summed E-state index contributed by atoms with van der Waals surface area (Å²) >= 11 is 0. The monoisotopic (exact) mass is 241 g/mol. The maximum Gasteiger partial charge on any atom is 0.130 e. The third kappa shape index (κ3) is 4.08. The lowest BCUT2D eigenvalue weighted by molar-refractivity contribution is 0.351. The zero-order valence-corrected chi connectivity index (χ0v) is 10.8. The highest BCUT2D eigenvalue weighted by Crippen LogP contribution is 2.14. The lowest BCUT2D eigenvalue weighted by atomic mass is 9.95. The minimum absolute atomic E-state index is 0.342. The van der Waals surface area contributed by atoms with Crippen LogP contribution in [-0.2, 0) is 6.54 Å². The number of hydrogen-bond donors (Lipinski definition) is 1. The fourth-order valence-electron chi connectivity index (χ4n) is 2.10. The van der Waals surface area contributed by atoms with E-state index < -0.39 is 11.6 Å². The predicted molar refractivity (Wildman–Crippen MR) is 66.7 cm³/mol. The van der Waals surface area contributed by atoms with Crippen LogP contribution in [0.5, 0.6) is 0 Å². The Bertz CT molecular complexity index is 348. The summed E-state index contributed by atoms with van der Waals surface area (Å²) in [5, 5.41) is 3.30. The Hall–Kier alpha value is -0.960. The molecule has 1 nitrogen and oxygen atoms in total. The molecule has 17 heavy (non-hydrogen) atoms. The van der Waals surface area contributed by atoms with E-state index in [1.165, 1.54) is 12.1 Å². The van der Waals surface area contributed by atoms with Gasteiger partial charge in [0.05, 0.1) is 0 Å². The van der Waals surface area contributed by atoms with Crippen LogP contribution in [0, 0.1) is 17.6 Å². The van der Waals surface area contributed by atoms with Crippen LogP contribution >= 0.6 is 0 Å². The second kappa shape index (κ2) is 6.70. The van der Waals surface area contributed by atoms with Gasteiger partial charge in [-0.2, -0.15) is 0 Å². The maximum atomic E-state index is 13.4. The van der Waals surface area contributed by atoms with E-state index in [2.05, 4.69) is 26.1 Å². The van der Waals surface area contributed by atoms with Crippen LogP contribution in [0.1, 0.15) is 39.2 Å². The van der Waals surface area contributed by atoms with Crippen LogP contribution in [0.15, 0.2) is 18.2 Å². The number of nitrogens with one attached hydrogen (secondary N) is 1. The smallest absolute Gasteiger partial charge is 0.130 e. The Morgan fingerprint density at radius 3 is 2.35 bits per heavy atom. The highest BCUT2D eigenvalue weighted by Gasteiger charge is 2.13. The summed E-state index contributed by atoms with van der Waals surface area (Å²) in [5.41, 5.74) is 0.518. The van der Waals surface area contributed by atoms with Gasteiger partial charge in [0.2, 0.25) is 0 Å².